The van der Waals surface area contributed by atoms with Gasteiger partial charge < -0.3 is 4.40 Å². The predicted octanol–water partition coefficient (Wildman–Crippen LogP) is 2.18. The molecule has 0 spiro atoms. The number of imidazole rings is 1. The second kappa shape index (κ2) is 5.29. The van der Waals surface area contributed by atoms with Gasteiger partial charge in [0.1, 0.15) is 17.8 Å². The number of pyridine rings is 1. The Balaban J connectivity index is 1.59. The standard InChI is InChI=1S/C15H18N6/c1-3-7-20(13(5-1)15-16-11-17-19-15)9-12-10-21-8-4-2-6-14(21)18-12/h2,4,6,8,10-11,13H,1,3,5,7,9H2,(H,16,17,19)/t13-/m0/s1. The van der Waals surface area contributed by atoms with E-state index in [0.29, 0.717) is 6.04 Å². The van der Waals surface area contributed by atoms with Crippen LogP contribution in [-0.2, 0) is 6.54 Å². The Morgan fingerprint density at radius 2 is 2.29 bits per heavy atom. The minimum absolute atomic E-state index is 0.325. The summed E-state index contributed by atoms with van der Waals surface area (Å²) in [6.07, 6.45) is 9.35. The topological polar surface area (TPSA) is 62.1 Å². The van der Waals surface area contributed by atoms with Crippen LogP contribution in [0.25, 0.3) is 5.65 Å². The summed E-state index contributed by atoms with van der Waals surface area (Å²) in [6.45, 7) is 1.94. The number of nitrogens with one attached hydrogen (secondary N) is 1. The van der Waals surface area contributed by atoms with E-state index in [4.69, 9.17) is 4.98 Å². The molecule has 4 heterocycles. The Hall–Kier alpha value is -2.21. The van der Waals surface area contributed by atoms with Crippen LogP contribution in [0.15, 0.2) is 36.9 Å². The van der Waals surface area contributed by atoms with Crippen LogP contribution in [0.3, 0.4) is 0 Å². The minimum Gasteiger partial charge on any atom is -0.307 e. The molecule has 1 fully saturated rings. The minimum atomic E-state index is 0.325. The van der Waals surface area contributed by atoms with Crippen molar-refractivity contribution in [3.8, 4) is 0 Å². The zero-order valence-electron chi connectivity index (χ0n) is 11.8. The van der Waals surface area contributed by atoms with Crippen molar-refractivity contribution in [2.75, 3.05) is 6.54 Å². The molecule has 1 aliphatic rings. The normalized spacial score (nSPS) is 20.1. The van der Waals surface area contributed by atoms with Gasteiger partial charge in [-0.25, -0.2) is 9.97 Å². The molecule has 6 nitrogen and oxygen atoms in total. The van der Waals surface area contributed by atoms with E-state index >= 15 is 0 Å². The van der Waals surface area contributed by atoms with Gasteiger partial charge in [-0.05, 0) is 31.5 Å². The largest absolute Gasteiger partial charge is 0.307 e. The van der Waals surface area contributed by atoms with Crippen molar-refractivity contribution >= 4 is 5.65 Å². The highest BCUT2D eigenvalue weighted by molar-refractivity contribution is 5.39. The van der Waals surface area contributed by atoms with E-state index in [1.165, 1.54) is 12.8 Å². The highest BCUT2D eigenvalue weighted by atomic mass is 15.3. The van der Waals surface area contributed by atoms with E-state index in [1.807, 2.05) is 24.4 Å². The average molecular weight is 282 g/mol. The molecule has 3 aromatic heterocycles. The van der Waals surface area contributed by atoms with Gasteiger partial charge in [0.2, 0.25) is 0 Å². The van der Waals surface area contributed by atoms with E-state index < -0.39 is 0 Å². The van der Waals surface area contributed by atoms with E-state index in [0.717, 1.165) is 36.7 Å². The van der Waals surface area contributed by atoms with Crippen LogP contribution in [0, 0.1) is 0 Å². The molecule has 108 valence electrons. The van der Waals surface area contributed by atoms with Crippen molar-refractivity contribution in [1.29, 1.82) is 0 Å². The number of nitrogens with zero attached hydrogens (tertiary/aromatic N) is 5. The monoisotopic (exact) mass is 282 g/mol. The van der Waals surface area contributed by atoms with E-state index in [-0.39, 0.29) is 0 Å². The molecule has 21 heavy (non-hydrogen) atoms. The number of piperidine rings is 1. The summed E-state index contributed by atoms with van der Waals surface area (Å²) in [7, 11) is 0. The Kier molecular flexibility index (Phi) is 3.16. The van der Waals surface area contributed by atoms with Gasteiger partial charge in [0.15, 0.2) is 0 Å². The molecule has 0 aromatic carbocycles. The van der Waals surface area contributed by atoms with Gasteiger partial charge in [-0.2, -0.15) is 5.10 Å². The molecule has 0 aliphatic carbocycles. The molecule has 0 saturated carbocycles. The molecule has 1 atom stereocenters. The third-order valence-electron chi connectivity index (χ3n) is 4.14. The molecule has 1 N–H and O–H groups in total. The first-order valence-electron chi connectivity index (χ1n) is 7.42. The van der Waals surface area contributed by atoms with Gasteiger partial charge in [-0.15, -0.1) is 0 Å². The van der Waals surface area contributed by atoms with Crippen molar-refractivity contribution in [3.63, 3.8) is 0 Å². The van der Waals surface area contributed by atoms with Crippen molar-refractivity contribution in [2.45, 2.75) is 31.8 Å². The van der Waals surface area contributed by atoms with Crippen LogP contribution < -0.4 is 0 Å². The number of fused-ring (bicyclic) bond motifs is 1. The smallest absolute Gasteiger partial charge is 0.141 e. The first kappa shape index (κ1) is 12.5. The van der Waals surface area contributed by atoms with Crippen LogP contribution in [-0.4, -0.2) is 36.0 Å². The summed E-state index contributed by atoms with van der Waals surface area (Å²) in [5.74, 6) is 0.971. The SMILES string of the molecule is c1ccn2cc(CN3CCCC[C@H]3c3ncn[nH]3)nc2c1. The van der Waals surface area contributed by atoms with Crippen molar-refractivity contribution < 1.29 is 0 Å². The third-order valence-corrected chi connectivity index (χ3v) is 4.14. The molecule has 1 aliphatic heterocycles. The Bertz CT molecular complexity index is 684. The number of H-pyrrole nitrogens is 1. The fourth-order valence-corrected chi connectivity index (χ4v) is 3.14. The van der Waals surface area contributed by atoms with Crippen molar-refractivity contribution in [2.24, 2.45) is 0 Å². The summed E-state index contributed by atoms with van der Waals surface area (Å²) in [5, 5.41) is 7.01. The lowest BCUT2D eigenvalue weighted by atomic mass is 10.0. The lowest BCUT2D eigenvalue weighted by molar-refractivity contribution is 0.132. The number of aromatic amines is 1. The second-order valence-electron chi connectivity index (χ2n) is 5.55. The average Bonchev–Trinajstić information content (AvgIpc) is 3.16. The molecular weight excluding hydrogens is 264 g/mol. The van der Waals surface area contributed by atoms with Gasteiger partial charge >= 0.3 is 0 Å². The molecule has 1 saturated heterocycles. The summed E-state index contributed by atoms with van der Waals surface area (Å²) >= 11 is 0. The highest BCUT2D eigenvalue weighted by Gasteiger charge is 2.26. The molecule has 3 aromatic rings. The zero-order chi connectivity index (χ0) is 14.1. The maximum absolute atomic E-state index is 4.70. The van der Waals surface area contributed by atoms with E-state index in [1.54, 1.807) is 6.33 Å². The number of likely N-dealkylation sites (tertiary alicyclic amines) is 1. The quantitative estimate of drug-likeness (QED) is 0.800. The molecular formula is C15H18N6. The van der Waals surface area contributed by atoms with E-state index in [9.17, 15) is 0 Å². The van der Waals surface area contributed by atoms with Gasteiger partial charge in [-0.3, -0.25) is 10.00 Å². The molecule has 0 radical (unpaired) electrons. The van der Waals surface area contributed by atoms with E-state index in [2.05, 4.69) is 30.7 Å². The third kappa shape index (κ3) is 2.42. The highest BCUT2D eigenvalue weighted by Crippen LogP contribution is 2.29. The van der Waals surface area contributed by atoms with Crippen LogP contribution in [0.1, 0.15) is 36.8 Å². The molecule has 4 rings (SSSR count). The lowest BCUT2D eigenvalue weighted by Crippen LogP contribution is -2.33. The van der Waals surface area contributed by atoms with Gasteiger partial charge in [0.05, 0.1) is 11.7 Å². The second-order valence-corrected chi connectivity index (χ2v) is 5.55. The Morgan fingerprint density at radius 3 is 3.14 bits per heavy atom. The van der Waals surface area contributed by atoms with Crippen LogP contribution in [0.2, 0.25) is 0 Å². The molecule has 6 heteroatoms. The first-order valence-corrected chi connectivity index (χ1v) is 7.42. The van der Waals surface area contributed by atoms with Crippen LogP contribution in [0.5, 0.6) is 0 Å². The number of rotatable bonds is 3. The Labute approximate surface area is 122 Å². The summed E-state index contributed by atoms with van der Waals surface area (Å²) in [6, 6.07) is 6.40. The first-order chi connectivity index (χ1) is 10.4. The molecule has 0 unspecified atom stereocenters. The maximum atomic E-state index is 4.70. The summed E-state index contributed by atoms with van der Waals surface area (Å²) in [4.78, 5) is 11.5. The van der Waals surface area contributed by atoms with Crippen molar-refractivity contribution in [1.82, 2.24) is 29.5 Å². The molecule has 0 amide bonds. The van der Waals surface area contributed by atoms with Crippen LogP contribution in [0.4, 0.5) is 0 Å². The zero-order valence-corrected chi connectivity index (χ0v) is 11.8. The van der Waals surface area contributed by atoms with Crippen molar-refractivity contribution in [3.05, 3.63) is 48.4 Å². The van der Waals surface area contributed by atoms with Gasteiger partial charge in [0.25, 0.3) is 0 Å². The van der Waals surface area contributed by atoms with Crippen LogP contribution >= 0.6 is 0 Å². The fraction of sp³-hybridized carbons (Fsp3) is 0.400. The predicted molar refractivity (Wildman–Crippen MR) is 78.6 cm³/mol. The van der Waals surface area contributed by atoms with Gasteiger partial charge in [-0.1, -0.05) is 12.5 Å². The number of aromatic nitrogens is 5. The Morgan fingerprint density at radius 1 is 1.29 bits per heavy atom. The van der Waals surface area contributed by atoms with Gasteiger partial charge in [0, 0.05) is 18.9 Å². The number of hydrogen-bond donors (Lipinski definition) is 1. The number of hydrogen-bond acceptors (Lipinski definition) is 4. The lowest BCUT2D eigenvalue weighted by Gasteiger charge is -2.33. The summed E-state index contributed by atoms with van der Waals surface area (Å²) in [5.41, 5.74) is 2.10. The fourth-order valence-electron chi connectivity index (χ4n) is 3.14. The summed E-state index contributed by atoms with van der Waals surface area (Å²) < 4.78 is 2.07. The maximum Gasteiger partial charge on any atom is 0.141 e. The molecule has 0 bridgehead atoms.